The molecule has 0 radical (unpaired) electrons. The molecule has 0 bridgehead atoms. The van der Waals surface area contributed by atoms with Gasteiger partial charge in [0, 0.05) is 23.5 Å². The fraction of sp³-hybridized carbons (Fsp3) is 0.450. The van der Waals surface area contributed by atoms with E-state index < -0.39 is 5.97 Å². The number of carbonyl (C=O) groups excluding carboxylic acids is 2. The molecule has 2 fully saturated rings. The molecule has 1 aromatic heterocycles. The van der Waals surface area contributed by atoms with Crippen LogP contribution >= 0.6 is 0 Å². The minimum absolute atomic E-state index is 0.0686. The Morgan fingerprint density at radius 2 is 2.04 bits per heavy atom. The lowest BCUT2D eigenvalue weighted by Crippen LogP contribution is -2.55. The maximum absolute atomic E-state index is 12.6. The summed E-state index contributed by atoms with van der Waals surface area (Å²) in [7, 11) is 0. The first-order valence-electron chi connectivity index (χ1n) is 9.34. The molecule has 142 valence electrons. The van der Waals surface area contributed by atoms with E-state index in [0.29, 0.717) is 24.1 Å². The van der Waals surface area contributed by atoms with E-state index in [4.69, 9.17) is 9.47 Å². The number of amides is 1. The minimum Gasteiger partial charge on any atom is -0.452 e. The molecule has 1 N–H and O–H groups in total. The third-order valence-corrected chi connectivity index (χ3v) is 5.35. The summed E-state index contributed by atoms with van der Waals surface area (Å²) in [6.07, 6.45) is 4.17. The van der Waals surface area contributed by atoms with Gasteiger partial charge in [-0.1, -0.05) is 31.0 Å². The van der Waals surface area contributed by atoms with E-state index in [1.807, 2.05) is 0 Å². The number of benzene rings is 1. The number of ether oxygens (including phenoxy) is 2. The van der Waals surface area contributed by atoms with Crippen LogP contribution in [0.15, 0.2) is 35.1 Å². The van der Waals surface area contributed by atoms with Gasteiger partial charge in [-0.05, 0) is 18.9 Å². The number of nitrogens with one attached hydrogen (secondary N) is 1. The molecule has 1 saturated heterocycles. The van der Waals surface area contributed by atoms with Crippen LogP contribution < -0.4 is 5.56 Å². The lowest BCUT2D eigenvalue weighted by Gasteiger charge is -2.43. The molecular formula is C20H22N2O5. The van der Waals surface area contributed by atoms with Gasteiger partial charge in [0.2, 0.25) is 5.56 Å². The molecule has 1 saturated carbocycles. The first-order chi connectivity index (χ1) is 13.1. The molecular weight excluding hydrogens is 348 g/mol. The van der Waals surface area contributed by atoms with Gasteiger partial charge in [0.05, 0.1) is 24.3 Å². The van der Waals surface area contributed by atoms with E-state index in [1.54, 1.807) is 29.2 Å². The summed E-state index contributed by atoms with van der Waals surface area (Å²) >= 11 is 0. The third kappa shape index (κ3) is 3.60. The number of fused-ring (bicyclic) bond motifs is 2. The van der Waals surface area contributed by atoms with Crippen LogP contribution in [0.1, 0.15) is 36.0 Å². The Kier molecular flexibility index (Phi) is 4.94. The van der Waals surface area contributed by atoms with Crippen LogP contribution in [-0.4, -0.2) is 53.7 Å². The quantitative estimate of drug-likeness (QED) is 0.833. The molecule has 4 rings (SSSR count). The zero-order valence-electron chi connectivity index (χ0n) is 15.0. The number of aromatic amines is 1. The molecule has 1 amide bonds. The van der Waals surface area contributed by atoms with Gasteiger partial charge >= 0.3 is 5.97 Å². The van der Waals surface area contributed by atoms with Crippen molar-refractivity contribution in [3.05, 3.63) is 46.2 Å². The second kappa shape index (κ2) is 7.52. The summed E-state index contributed by atoms with van der Waals surface area (Å²) in [5.74, 6) is -0.878. The first kappa shape index (κ1) is 17.7. The number of nitrogens with zero attached hydrogens (tertiary/aromatic N) is 1. The zero-order valence-corrected chi connectivity index (χ0v) is 15.0. The highest BCUT2D eigenvalue weighted by Crippen LogP contribution is 2.28. The van der Waals surface area contributed by atoms with Crippen LogP contribution in [0, 0.1) is 0 Å². The highest BCUT2D eigenvalue weighted by atomic mass is 16.5. The zero-order chi connectivity index (χ0) is 18.8. The van der Waals surface area contributed by atoms with E-state index in [9.17, 15) is 14.4 Å². The van der Waals surface area contributed by atoms with Crippen LogP contribution in [0.5, 0.6) is 0 Å². The number of esters is 1. The van der Waals surface area contributed by atoms with E-state index in [-0.39, 0.29) is 35.8 Å². The van der Waals surface area contributed by atoms with Crippen LogP contribution in [-0.2, 0) is 14.3 Å². The maximum atomic E-state index is 12.6. The summed E-state index contributed by atoms with van der Waals surface area (Å²) < 4.78 is 11.0. The van der Waals surface area contributed by atoms with Crippen molar-refractivity contribution in [3.8, 4) is 0 Å². The molecule has 1 aromatic carbocycles. The normalized spacial score (nSPS) is 22.3. The van der Waals surface area contributed by atoms with Crippen molar-refractivity contribution in [1.29, 1.82) is 0 Å². The lowest BCUT2D eigenvalue weighted by atomic mass is 9.90. The third-order valence-electron chi connectivity index (χ3n) is 5.35. The minimum atomic E-state index is -0.667. The second-order valence-electron chi connectivity index (χ2n) is 7.02. The summed E-state index contributed by atoms with van der Waals surface area (Å²) in [4.78, 5) is 41.4. The highest BCUT2D eigenvalue weighted by molar-refractivity contribution is 6.03. The number of hydrogen-bond donors (Lipinski definition) is 1. The van der Waals surface area contributed by atoms with Crippen LogP contribution in [0.25, 0.3) is 10.9 Å². The van der Waals surface area contributed by atoms with Gasteiger partial charge in [-0.2, -0.15) is 0 Å². The van der Waals surface area contributed by atoms with Gasteiger partial charge in [0.25, 0.3) is 5.91 Å². The number of para-hydroxylation sites is 1. The van der Waals surface area contributed by atoms with Crippen molar-refractivity contribution < 1.29 is 19.1 Å². The second-order valence-corrected chi connectivity index (χ2v) is 7.02. The molecule has 0 spiro atoms. The van der Waals surface area contributed by atoms with Crippen molar-refractivity contribution in [2.24, 2.45) is 0 Å². The van der Waals surface area contributed by atoms with Crippen molar-refractivity contribution in [2.45, 2.75) is 37.8 Å². The number of hydrogen-bond acceptors (Lipinski definition) is 5. The predicted octanol–water partition coefficient (Wildman–Crippen LogP) is 1.85. The highest BCUT2D eigenvalue weighted by Gasteiger charge is 2.36. The average molecular weight is 370 g/mol. The van der Waals surface area contributed by atoms with Gasteiger partial charge in [0.1, 0.15) is 0 Å². The molecule has 7 nitrogen and oxygen atoms in total. The van der Waals surface area contributed by atoms with Crippen molar-refractivity contribution in [3.63, 3.8) is 0 Å². The summed E-state index contributed by atoms with van der Waals surface area (Å²) in [6, 6.07) is 8.28. The molecule has 2 aliphatic rings. The predicted molar refractivity (Wildman–Crippen MR) is 98.6 cm³/mol. The Labute approximate surface area is 156 Å². The Bertz CT molecular complexity index is 920. The molecule has 27 heavy (non-hydrogen) atoms. The number of carbonyl (C=O) groups is 2. The number of morpholine rings is 1. The number of pyridine rings is 1. The first-order valence-corrected chi connectivity index (χ1v) is 9.34. The molecule has 1 aliphatic carbocycles. The number of H-pyrrole nitrogens is 1. The van der Waals surface area contributed by atoms with Gasteiger partial charge in [-0.15, -0.1) is 0 Å². The SMILES string of the molecule is O=C(OCC(=O)N1CCO[C@@H]2CCCC[C@@H]21)c1cc(=O)[nH]c2ccccc12. The smallest absolute Gasteiger partial charge is 0.339 e. The Hall–Kier alpha value is -2.67. The fourth-order valence-electron chi connectivity index (χ4n) is 4.07. The van der Waals surface area contributed by atoms with Gasteiger partial charge in [-0.3, -0.25) is 9.59 Å². The lowest BCUT2D eigenvalue weighted by molar-refractivity contribution is -0.152. The number of rotatable bonds is 3. The van der Waals surface area contributed by atoms with Crippen molar-refractivity contribution >= 4 is 22.8 Å². The Morgan fingerprint density at radius 3 is 2.93 bits per heavy atom. The van der Waals surface area contributed by atoms with E-state index in [0.717, 1.165) is 25.7 Å². The van der Waals surface area contributed by atoms with Gasteiger partial charge < -0.3 is 19.4 Å². The molecule has 1 aliphatic heterocycles. The Morgan fingerprint density at radius 1 is 1.22 bits per heavy atom. The number of aromatic nitrogens is 1. The largest absolute Gasteiger partial charge is 0.452 e. The molecule has 2 heterocycles. The monoisotopic (exact) mass is 370 g/mol. The van der Waals surface area contributed by atoms with Crippen LogP contribution in [0.2, 0.25) is 0 Å². The molecule has 0 unspecified atom stereocenters. The van der Waals surface area contributed by atoms with Crippen LogP contribution in [0.3, 0.4) is 0 Å². The molecule has 2 aromatic rings. The summed E-state index contributed by atoms with van der Waals surface area (Å²) in [6.45, 7) is 0.703. The Balaban J connectivity index is 1.46. The topological polar surface area (TPSA) is 88.7 Å². The van der Waals surface area contributed by atoms with E-state index >= 15 is 0 Å². The molecule has 7 heteroatoms. The van der Waals surface area contributed by atoms with E-state index in [2.05, 4.69) is 4.98 Å². The summed E-state index contributed by atoms with van der Waals surface area (Å²) in [5, 5.41) is 0.591. The van der Waals surface area contributed by atoms with E-state index in [1.165, 1.54) is 6.07 Å². The maximum Gasteiger partial charge on any atom is 0.339 e. The molecule has 2 atom stereocenters. The fourth-order valence-corrected chi connectivity index (χ4v) is 4.07. The summed E-state index contributed by atoms with van der Waals surface area (Å²) in [5.41, 5.74) is 0.339. The van der Waals surface area contributed by atoms with Crippen molar-refractivity contribution in [2.75, 3.05) is 19.8 Å². The van der Waals surface area contributed by atoms with Gasteiger partial charge in [-0.25, -0.2) is 4.79 Å². The van der Waals surface area contributed by atoms with Gasteiger partial charge in [0.15, 0.2) is 6.61 Å². The van der Waals surface area contributed by atoms with Crippen molar-refractivity contribution in [1.82, 2.24) is 9.88 Å². The standard InChI is InChI=1S/C20H22N2O5/c23-18-11-14(13-5-1-2-6-15(13)21-18)20(25)27-12-19(24)22-9-10-26-17-8-4-3-7-16(17)22/h1-2,5-6,11,16-17H,3-4,7-10,12H2,(H,21,23)/t16-,17+/m0/s1. The average Bonchev–Trinajstić information content (AvgIpc) is 2.70. The van der Waals surface area contributed by atoms with Crippen LogP contribution in [0.4, 0.5) is 0 Å².